The lowest BCUT2D eigenvalue weighted by molar-refractivity contribution is -0.133. The highest BCUT2D eigenvalue weighted by molar-refractivity contribution is 5.83. The van der Waals surface area contributed by atoms with Gasteiger partial charge >= 0.3 is 0 Å². The molecule has 0 aliphatic rings. The van der Waals surface area contributed by atoms with Crippen LogP contribution in [0.25, 0.3) is 0 Å². The van der Waals surface area contributed by atoms with E-state index >= 15 is 0 Å². The minimum absolute atomic E-state index is 0.0573. The molecule has 1 amide bonds. The van der Waals surface area contributed by atoms with Crippen molar-refractivity contribution >= 4 is 17.5 Å². The van der Waals surface area contributed by atoms with Crippen LogP contribution in [0.1, 0.15) is 78.6 Å². The van der Waals surface area contributed by atoms with Gasteiger partial charge in [0.1, 0.15) is 11.6 Å². The molecule has 1 atom stereocenters. The first-order chi connectivity index (χ1) is 14.3. The molecule has 0 aromatic rings. The summed E-state index contributed by atoms with van der Waals surface area (Å²) in [6, 6.07) is 0.0573. The zero-order valence-corrected chi connectivity index (χ0v) is 20.4. The highest BCUT2D eigenvalue weighted by atomic mass is 16.2. The molecule has 178 valence electrons. The van der Waals surface area contributed by atoms with Crippen molar-refractivity contribution in [3.8, 4) is 0 Å². The first kappa shape index (κ1) is 30.9. The Kier molecular flexibility index (Phi) is 23.0. The van der Waals surface area contributed by atoms with Crippen molar-refractivity contribution in [1.82, 2.24) is 20.9 Å². The van der Waals surface area contributed by atoms with E-state index in [0.717, 1.165) is 71.1 Å². The lowest BCUT2D eigenvalue weighted by Crippen LogP contribution is -2.34. The molecule has 3 N–H and O–H groups in total. The Balaban J connectivity index is 0. The van der Waals surface area contributed by atoms with Crippen LogP contribution >= 0.6 is 0 Å². The fraction of sp³-hybridized carbons (Fsp3) is 0.870. The second-order valence-corrected chi connectivity index (χ2v) is 7.80. The number of hydrogen-bond donors (Lipinski definition) is 3. The van der Waals surface area contributed by atoms with Crippen LogP contribution in [0.5, 0.6) is 0 Å². The molecule has 0 bridgehead atoms. The third-order valence-electron chi connectivity index (χ3n) is 4.94. The maximum atomic E-state index is 12.0. The van der Waals surface area contributed by atoms with Crippen molar-refractivity contribution < 1.29 is 14.4 Å². The number of Topliss-reactive ketones (excluding diaryl/α,β-unsaturated/α-hetero) is 2. The largest absolute Gasteiger partial charge is 0.343 e. The van der Waals surface area contributed by atoms with Crippen molar-refractivity contribution in [3.05, 3.63) is 0 Å². The third kappa shape index (κ3) is 20.0. The summed E-state index contributed by atoms with van der Waals surface area (Å²) < 4.78 is 0. The summed E-state index contributed by atoms with van der Waals surface area (Å²) in [5.74, 6) is 0.450. The Morgan fingerprint density at radius 2 is 1.40 bits per heavy atom. The molecule has 7 heteroatoms. The molecule has 7 nitrogen and oxygen atoms in total. The van der Waals surface area contributed by atoms with Gasteiger partial charge in [0.05, 0.1) is 6.04 Å². The summed E-state index contributed by atoms with van der Waals surface area (Å²) in [7, 11) is 5.70. The highest BCUT2D eigenvalue weighted by Gasteiger charge is 2.13. The molecule has 0 aromatic heterocycles. The van der Waals surface area contributed by atoms with Gasteiger partial charge < -0.3 is 25.6 Å². The molecule has 0 spiro atoms. The van der Waals surface area contributed by atoms with Crippen LogP contribution in [0.15, 0.2) is 0 Å². The molecule has 0 heterocycles. The van der Waals surface area contributed by atoms with Gasteiger partial charge in [-0.2, -0.15) is 0 Å². The molecule has 0 aromatic carbocycles. The van der Waals surface area contributed by atoms with Crippen molar-refractivity contribution in [2.75, 3.05) is 47.3 Å². The zero-order valence-electron chi connectivity index (χ0n) is 20.4. The molecule has 0 saturated heterocycles. The van der Waals surface area contributed by atoms with E-state index < -0.39 is 0 Å². The topological polar surface area (TPSA) is 90.5 Å². The molecule has 0 radical (unpaired) electrons. The Labute approximate surface area is 185 Å². The van der Waals surface area contributed by atoms with Crippen LogP contribution in [-0.2, 0) is 14.4 Å². The van der Waals surface area contributed by atoms with E-state index in [9.17, 15) is 14.4 Å². The minimum atomic E-state index is 0.0573. The predicted octanol–water partition coefficient (Wildman–Crippen LogP) is 2.54. The van der Waals surface area contributed by atoms with Crippen LogP contribution < -0.4 is 16.0 Å². The lowest BCUT2D eigenvalue weighted by atomic mass is 10.1. The monoisotopic (exact) mass is 428 g/mol. The van der Waals surface area contributed by atoms with Crippen molar-refractivity contribution in [2.24, 2.45) is 0 Å². The van der Waals surface area contributed by atoms with E-state index in [4.69, 9.17) is 0 Å². The quantitative estimate of drug-likeness (QED) is 0.291. The molecule has 0 saturated carbocycles. The highest BCUT2D eigenvalue weighted by Crippen LogP contribution is 2.04. The van der Waals surface area contributed by atoms with E-state index in [2.05, 4.69) is 22.9 Å². The summed E-state index contributed by atoms with van der Waals surface area (Å²) in [6.07, 6.45) is 8.27. The van der Waals surface area contributed by atoms with Crippen LogP contribution in [0.2, 0.25) is 0 Å². The van der Waals surface area contributed by atoms with Crippen molar-refractivity contribution in [1.29, 1.82) is 0 Å². The number of rotatable bonds is 18. The molecule has 0 aliphatic heterocycles. The second kappa shape index (κ2) is 22.4. The third-order valence-corrected chi connectivity index (χ3v) is 4.94. The Morgan fingerprint density at radius 1 is 0.800 bits per heavy atom. The fourth-order valence-electron chi connectivity index (χ4n) is 3.00. The van der Waals surface area contributed by atoms with Gasteiger partial charge in [0.25, 0.3) is 0 Å². The fourth-order valence-corrected chi connectivity index (χ4v) is 3.00. The molecule has 0 fully saturated rings. The van der Waals surface area contributed by atoms with Crippen molar-refractivity contribution in [3.63, 3.8) is 0 Å². The summed E-state index contributed by atoms with van der Waals surface area (Å²) in [5.41, 5.74) is 0. The summed E-state index contributed by atoms with van der Waals surface area (Å²) in [6.45, 7) is 8.91. The normalized spacial score (nSPS) is 11.4. The number of ketones is 2. The van der Waals surface area contributed by atoms with Crippen LogP contribution in [0.4, 0.5) is 0 Å². The lowest BCUT2D eigenvalue weighted by Gasteiger charge is -2.22. The molecular formula is C23H48N4O3. The average molecular weight is 429 g/mol. The Morgan fingerprint density at radius 3 is 1.90 bits per heavy atom. The predicted molar refractivity (Wildman–Crippen MR) is 126 cm³/mol. The van der Waals surface area contributed by atoms with Gasteiger partial charge in [-0.05, 0) is 73.8 Å². The number of hydrogen-bond acceptors (Lipinski definition) is 6. The zero-order chi connectivity index (χ0) is 23.2. The number of nitrogens with one attached hydrogen (secondary N) is 3. The van der Waals surface area contributed by atoms with E-state index in [1.54, 1.807) is 6.92 Å². The van der Waals surface area contributed by atoms with Gasteiger partial charge in [-0.25, -0.2) is 0 Å². The summed E-state index contributed by atoms with van der Waals surface area (Å²) in [5, 5.41) is 9.18. The smallest absolute Gasteiger partial charge is 0.223 e. The van der Waals surface area contributed by atoms with Gasteiger partial charge in [0.2, 0.25) is 5.91 Å². The van der Waals surface area contributed by atoms with Crippen LogP contribution in [0.3, 0.4) is 0 Å². The summed E-state index contributed by atoms with van der Waals surface area (Å²) in [4.78, 5) is 35.8. The Bertz CT molecular complexity index is 434. The first-order valence-electron chi connectivity index (χ1n) is 11.6. The number of nitrogens with zero attached hydrogens (tertiary/aromatic N) is 1. The number of carbonyl (C=O) groups excluding carboxylic acids is 3. The van der Waals surface area contributed by atoms with Crippen molar-refractivity contribution in [2.45, 2.75) is 84.6 Å². The molecule has 30 heavy (non-hydrogen) atoms. The van der Waals surface area contributed by atoms with E-state index in [1.807, 2.05) is 26.0 Å². The molecule has 0 rings (SSSR count). The molecule has 0 aliphatic carbocycles. The van der Waals surface area contributed by atoms with Crippen LogP contribution in [0, 0.1) is 0 Å². The average Bonchev–Trinajstić information content (AvgIpc) is 2.71. The maximum Gasteiger partial charge on any atom is 0.223 e. The van der Waals surface area contributed by atoms with Gasteiger partial charge in [0, 0.05) is 25.9 Å². The van der Waals surface area contributed by atoms with E-state index in [0.29, 0.717) is 12.8 Å². The van der Waals surface area contributed by atoms with E-state index in [1.165, 1.54) is 6.92 Å². The standard InChI is InChI=1S/C14H28N2O2.C9H20N2O/c1-4-5-6-11-16(12-7-10-15-3)14(18)9-8-13(2)17;1-8(12)9(11-3)6-4-5-7-10-2/h15H,4-12H2,1-3H3;9-11H,4-7H2,1-3H3. The van der Waals surface area contributed by atoms with Gasteiger partial charge in [-0.15, -0.1) is 0 Å². The van der Waals surface area contributed by atoms with E-state index in [-0.39, 0.29) is 23.5 Å². The number of unbranched alkanes of at least 4 members (excludes halogenated alkanes) is 3. The summed E-state index contributed by atoms with van der Waals surface area (Å²) >= 11 is 0. The number of carbonyl (C=O) groups is 3. The molecule has 1 unspecified atom stereocenters. The number of likely N-dealkylation sites (N-methyl/N-ethyl adjacent to an activating group) is 1. The SMILES string of the molecule is CCCCCN(CCCNC)C(=O)CCC(C)=O.CNCCCCC(NC)C(C)=O. The van der Waals surface area contributed by atoms with Crippen LogP contribution in [-0.4, -0.2) is 75.7 Å². The first-order valence-corrected chi connectivity index (χ1v) is 11.6. The Hall–Kier alpha value is -1.31. The van der Waals surface area contributed by atoms with Gasteiger partial charge in [-0.1, -0.05) is 26.2 Å². The number of amides is 1. The van der Waals surface area contributed by atoms with Gasteiger partial charge in [0.15, 0.2) is 0 Å². The maximum absolute atomic E-state index is 12.0. The van der Waals surface area contributed by atoms with Gasteiger partial charge in [-0.3, -0.25) is 9.59 Å². The minimum Gasteiger partial charge on any atom is -0.343 e. The molecular weight excluding hydrogens is 380 g/mol. The second-order valence-electron chi connectivity index (χ2n) is 7.80.